The third kappa shape index (κ3) is 2.62. The van der Waals surface area contributed by atoms with Crippen LogP contribution in [-0.4, -0.2) is 10.9 Å². The van der Waals surface area contributed by atoms with Crippen molar-refractivity contribution in [3.05, 3.63) is 64.6 Å². The number of hydrogen-bond acceptors (Lipinski definition) is 1. The quantitative estimate of drug-likeness (QED) is 0.718. The number of aryl methyl sites for hydroxylation is 1. The van der Waals surface area contributed by atoms with Crippen molar-refractivity contribution in [1.82, 2.24) is 4.98 Å². The molecule has 0 bridgehead atoms. The Hall–Kier alpha value is -2.33. The highest BCUT2D eigenvalue weighted by molar-refractivity contribution is 6.30. The van der Waals surface area contributed by atoms with Gasteiger partial charge in [0, 0.05) is 21.6 Å². The van der Waals surface area contributed by atoms with Gasteiger partial charge in [-0.2, -0.15) is 0 Å². The summed E-state index contributed by atoms with van der Waals surface area (Å²) in [5.74, 6) is -0.611. The van der Waals surface area contributed by atoms with E-state index in [0.717, 1.165) is 10.9 Å². The molecule has 1 aromatic heterocycles. The summed E-state index contributed by atoms with van der Waals surface area (Å²) in [5.41, 5.74) is 2.46. The molecule has 0 aliphatic carbocycles. The highest BCUT2D eigenvalue weighted by Crippen LogP contribution is 2.23. The Kier molecular flexibility index (Phi) is 3.39. The second-order valence-corrected chi connectivity index (χ2v) is 5.21. The van der Waals surface area contributed by atoms with Gasteiger partial charge in [0.1, 0.15) is 11.5 Å². The second kappa shape index (κ2) is 5.22. The van der Waals surface area contributed by atoms with Crippen molar-refractivity contribution in [1.29, 1.82) is 0 Å². The molecule has 5 heteroatoms. The Bertz CT molecular complexity index is 824. The van der Waals surface area contributed by atoms with Gasteiger partial charge in [0.15, 0.2) is 0 Å². The molecule has 106 valence electrons. The first-order valence-electron chi connectivity index (χ1n) is 6.39. The molecule has 21 heavy (non-hydrogen) atoms. The van der Waals surface area contributed by atoms with E-state index in [4.69, 9.17) is 11.6 Å². The summed E-state index contributed by atoms with van der Waals surface area (Å²) < 4.78 is 13.2. The zero-order valence-corrected chi connectivity index (χ0v) is 12.0. The van der Waals surface area contributed by atoms with Gasteiger partial charge in [0.05, 0.1) is 0 Å². The van der Waals surface area contributed by atoms with Crippen LogP contribution in [0.2, 0.25) is 5.02 Å². The highest BCUT2D eigenvalue weighted by Gasteiger charge is 2.15. The summed E-state index contributed by atoms with van der Waals surface area (Å²) in [5, 5.41) is 4.21. The lowest BCUT2D eigenvalue weighted by Gasteiger charge is -2.04. The van der Waals surface area contributed by atoms with E-state index in [0.29, 0.717) is 21.9 Å². The molecular formula is C16H12ClFN2O. The number of halogens is 2. The number of amides is 1. The maximum Gasteiger partial charge on any atom is 0.272 e. The molecule has 3 aromatic rings. The first-order chi connectivity index (χ1) is 10.0. The fraction of sp³-hybridized carbons (Fsp3) is 0.0625. The molecule has 1 amide bonds. The maximum atomic E-state index is 13.2. The zero-order valence-electron chi connectivity index (χ0n) is 11.2. The van der Waals surface area contributed by atoms with E-state index in [1.165, 1.54) is 12.1 Å². The number of hydrogen-bond donors (Lipinski definition) is 2. The van der Waals surface area contributed by atoms with E-state index in [2.05, 4.69) is 10.3 Å². The number of aromatic amines is 1. The van der Waals surface area contributed by atoms with Gasteiger partial charge >= 0.3 is 0 Å². The average molecular weight is 303 g/mol. The molecule has 0 fully saturated rings. The van der Waals surface area contributed by atoms with Crippen LogP contribution in [0.4, 0.5) is 10.1 Å². The Morgan fingerprint density at radius 2 is 1.90 bits per heavy atom. The zero-order chi connectivity index (χ0) is 15.0. The minimum absolute atomic E-state index is 0.272. The van der Waals surface area contributed by atoms with Crippen molar-refractivity contribution < 1.29 is 9.18 Å². The summed E-state index contributed by atoms with van der Waals surface area (Å²) in [6.07, 6.45) is 0. The third-order valence-corrected chi connectivity index (χ3v) is 3.60. The second-order valence-electron chi connectivity index (χ2n) is 4.78. The summed E-state index contributed by atoms with van der Waals surface area (Å²) >= 11 is 5.80. The van der Waals surface area contributed by atoms with Gasteiger partial charge in [-0.1, -0.05) is 11.6 Å². The van der Waals surface area contributed by atoms with E-state index in [-0.39, 0.29) is 11.7 Å². The number of carbonyl (C=O) groups excluding carboxylic acids is 1. The van der Waals surface area contributed by atoms with Crippen LogP contribution in [0, 0.1) is 12.7 Å². The summed E-state index contributed by atoms with van der Waals surface area (Å²) in [4.78, 5) is 15.3. The van der Waals surface area contributed by atoms with Crippen molar-refractivity contribution in [2.45, 2.75) is 6.92 Å². The van der Waals surface area contributed by atoms with Crippen LogP contribution in [0.25, 0.3) is 10.9 Å². The first-order valence-corrected chi connectivity index (χ1v) is 6.77. The number of benzene rings is 2. The summed E-state index contributed by atoms with van der Waals surface area (Å²) in [6, 6.07) is 11.3. The average Bonchev–Trinajstić information content (AvgIpc) is 2.78. The molecule has 0 spiro atoms. The first kappa shape index (κ1) is 13.6. The topological polar surface area (TPSA) is 44.9 Å². The Labute approximate surface area is 125 Å². The van der Waals surface area contributed by atoms with Gasteiger partial charge in [0.25, 0.3) is 5.91 Å². The van der Waals surface area contributed by atoms with Crippen LogP contribution >= 0.6 is 11.6 Å². The maximum absolute atomic E-state index is 13.2. The molecule has 0 atom stereocenters. The monoisotopic (exact) mass is 302 g/mol. The molecule has 0 aliphatic heterocycles. The minimum Gasteiger partial charge on any atom is -0.350 e. The third-order valence-electron chi connectivity index (χ3n) is 3.35. The van der Waals surface area contributed by atoms with Gasteiger partial charge in [-0.15, -0.1) is 0 Å². The number of anilines is 1. The Morgan fingerprint density at radius 1 is 1.19 bits per heavy atom. The van der Waals surface area contributed by atoms with Crippen molar-refractivity contribution in [3.8, 4) is 0 Å². The minimum atomic E-state index is -0.339. The largest absolute Gasteiger partial charge is 0.350 e. The molecule has 0 saturated heterocycles. The predicted octanol–water partition coefficient (Wildman–Crippen LogP) is 4.52. The van der Waals surface area contributed by atoms with Crippen molar-refractivity contribution in [2.75, 3.05) is 5.32 Å². The van der Waals surface area contributed by atoms with Gasteiger partial charge < -0.3 is 10.3 Å². The summed E-state index contributed by atoms with van der Waals surface area (Å²) in [6.45, 7) is 1.83. The van der Waals surface area contributed by atoms with E-state index in [1.54, 1.807) is 30.3 Å². The fourth-order valence-electron chi connectivity index (χ4n) is 2.26. The van der Waals surface area contributed by atoms with Crippen LogP contribution in [0.5, 0.6) is 0 Å². The van der Waals surface area contributed by atoms with E-state index >= 15 is 0 Å². The van der Waals surface area contributed by atoms with Crippen LogP contribution in [0.15, 0.2) is 42.5 Å². The number of rotatable bonds is 2. The number of nitrogens with one attached hydrogen (secondary N) is 2. The van der Waals surface area contributed by atoms with Crippen molar-refractivity contribution in [2.24, 2.45) is 0 Å². The van der Waals surface area contributed by atoms with E-state index in [9.17, 15) is 9.18 Å². The van der Waals surface area contributed by atoms with Gasteiger partial charge in [-0.05, 0) is 55.0 Å². The molecule has 0 radical (unpaired) electrons. The number of H-pyrrole nitrogens is 1. The smallest absolute Gasteiger partial charge is 0.272 e. The normalized spacial score (nSPS) is 10.8. The van der Waals surface area contributed by atoms with Crippen LogP contribution in [0.3, 0.4) is 0 Å². The van der Waals surface area contributed by atoms with Crippen LogP contribution in [-0.2, 0) is 0 Å². The molecule has 1 heterocycles. The molecule has 2 N–H and O–H groups in total. The standard InChI is InChI=1S/C16H12ClFN2O/c1-9-13-7-4-11(18)8-14(13)20-15(9)16(21)19-12-5-2-10(17)3-6-12/h2-8,20H,1H3,(H,19,21). The Morgan fingerprint density at radius 3 is 2.62 bits per heavy atom. The molecule has 3 nitrogen and oxygen atoms in total. The molecular weight excluding hydrogens is 291 g/mol. The van der Waals surface area contributed by atoms with Crippen LogP contribution < -0.4 is 5.32 Å². The fourth-order valence-corrected chi connectivity index (χ4v) is 2.39. The van der Waals surface area contributed by atoms with Crippen molar-refractivity contribution in [3.63, 3.8) is 0 Å². The van der Waals surface area contributed by atoms with Crippen molar-refractivity contribution >= 4 is 34.1 Å². The van der Waals surface area contributed by atoms with Gasteiger partial charge in [-0.25, -0.2) is 4.39 Å². The van der Waals surface area contributed by atoms with Gasteiger partial charge in [-0.3, -0.25) is 4.79 Å². The molecule has 3 rings (SSSR count). The highest BCUT2D eigenvalue weighted by atomic mass is 35.5. The van der Waals surface area contributed by atoms with E-state index < -0.39 is 0 Å². The van der Waals surface area contributed by atoms with Crippen LogP contribution in [0.1, 0.15) is 16.1 Å². The number of carbonyl (C=O) groups is 1. The Balaban J connectivity index is 1.94. The van der Waals surface area contributed by atoms with E-state index in [1.807, 2.05) is 6.92 Å². The lowest BCUT2D eigenvalue weighted by Crippen LogP contribution is -2.13. The predicted molar refractivity (Wildman–Crippen MR) is 82.4 cm³/mol. The lowest BCUT2D eigenvalue weighted by atomic mass is 10.1. The molecule has 0 unspecified atom stereocenters. The number of aromatic nitrogens is 1. The summed E-state index contributed by atoms with van der Waals surface area (Å²) in [7, 11) is 0. The SMILES string of the molecule is Cc1c(C(=O)Nc2ccc(Cl)cc2)[nH]c2cc(F)ccc12. The lowest BCUT2D eigenvalue weighted by molar-refractivity contribution is 0.102. The number of fused-ring (bicyclic) bond motifs is 1. The molecule has 0 saturated carbocycles. The molecule has 0 aliphatic rings. The molecule has 2 aromatic carbocycles. The van der Waals surface area contributed by atoms with Gasteiger partial charge in [0.2, 0.25) is 0 Å².